The zero-order valence-corrected chi connectivity index (χ0v) is 14.1. The molecule has 0 radical (unpaired) electrons. The smallest absolute Gasteiger partial charge is 0.265 e. The number of para-hydroxylation sites is 2. The van der Waals surface area contributed by atoms with Gasteiger partial charge < -0.3 is 14.8 Å². The summed E-state index contributed by atoms with van der Waals surface area (Å²) in [6, 6.07) is 13.3. The van der Waals surface area contributed by atoms with Crippen LogP contribution in [-0.4, -0.2) is 19.1 Å². The molecule has 1 atom stereocenters. The minimum Gasteiger partial charge on any atom is -0.493 e. The molecule has 0 saturated heterocycles. The van der Waals surface area contributed by atoms with Gasteiger partial charge in [0, 0.05) is 5.69 Å². The number of benzene rings is 2. The first-order valence-corrected chi connectivity index (χ1v) is 7.72. The van der Waals surface area contributed by atoms with Crippen LogP contribution in [0.5, 0.6) is 11.5 Å². The molecule has 2 aromatic rings. The Balaban J connectivity index is 2.12. The van der Waals surface area contributed by atoms with Gasteiger partial charge in [0.25, 0.3) is 5.91 Å². The van der Waals surface area contributed by atoms with Crippen LogP contribution in [-0.2, 0) is 4.79 Å². The Kier molecular flexibility index (Phi) is 5.63. The van der Waals surface area contributed by atoms with Crippen molar-refractivity contribution >= 4 is 11.6 Å². The van der Waals surface area contributed by atoms with Crippen molar-refractivity contribution < 1.29 is 14.3 Å². The first-order valence-electron chi connectivity index (χ1n) is 7.72. The van der Waals surface area contributed by atoms with Gasteiger partial charge >= 0.3 is 0 Å². The van der Waals surface area contributed by atoms with Gasteiger partial charge in [0.15, 0.2) is 17.6 Å². The summed E-state index contributed by atoms with van der Waals surface area (Å²) in [6.07, 6.45) is -0.0126. The number of hydrogen-bond acceptors (Lipinski definition) is 3. The van der Waals surface area contributed by atoms with Crippen molar-refractivity contribution in [1.29, 1.82) is 0 Å². The molecule has 4 heteroatoms. The van der Waals surface area contributed by atoms with Gasteiger partial charge in [-0.25, -0.2) is 0 Å². The number of carbonyl (C=O) groups excluding carboxylic acids is 1. The summed E-state index contributed by atoms with van der Waals surface area (Å²) in [5.41, 5.74) is 3.01. The highest BCUT2D eigenvalue weighted by molar-refractivity contribution is 5.94. The summed E-state index contributed by atoms with van der Waals surface area (Å²) in [4.78, 5) is 12.5. The summed E-state index contributed by atoms with van der Waals surface area (Å²) in [5.74, 6) is 1.02. The number of rotatable bonds is 6. The predicted octanol–water partition coefficient (Wildman–Crippen LogP) is 4.11. The minimum absolute atomic E-state index is 0.164. The van der Waals surface area contributed by atoms with Crippen molar-refractivity contribution in [1.82, 2.24) is 0 Å². The van der Waals surface area contributed by atoms with Crippen molar-refractivity contribution in [2.24, 2.45) is 0 Å². The largest absolute Gasteiger partial charge is 0.493 e. The maximum Gasteiger partial charge on any atom is 0.265 e. The molecule has 1 amide bonds. The number of anilines is 1. The molecule has 0 unspecified atom stereocenters. The van der Waals surface area contributed by atoms with Crippen LogP contribution >= 0.6 is 0 Å². The van der Waals surface area contributed by atoms with E-state index in [4.69, 9.17) is 9.47 Å². The average molecular weight is 313 g/mol. The van der Waals surface area contributed by atoms with Crippen molar-refractivity contribution in [2.45, 2.75) is 33.3 Å². The minimum atomic E-state index is -0.577. The van der Waals surface area contributed by atoms with Crippen molar-refractivity contribution in [2.75, 3.05) is 12.4 Å². The molecule has 1 N–H and O–H groups in total. The molecule has 0 heterocycles. The summed E-state index contributed by atoms with van der Waals surface area (Å²) < 4.78 is 11.1. The zero-order chi connectivity index (χ0) is 16.8. The molecule has 0 bridgehead atoms. The highest BCUT2D eigenvalue weighted by atomic mass is 16.5. The van der Waals surface area contributed by atoms with Crippen LogP contribution < -0.4 is 14.8 Å². The maximum absolute atomic E-state index is 12.5. The number of amides is 1. The number of methoxy groups -OCH3 is 1. The third kappa shape index (κ3) is 4.49. The Bertz CT molecular complexity index is 662. The first-order chi connectivity index (χ1) is 11.0. The van der Waals surface area contributed by atoms with E-state index in [1.54, 1.807) is 13.2 Å². The van der Waals surface area contributed by atoms with Crippen molar-refractivity contribution in [3.8, 4) is 11.5 Å². The molecule has 0 saturated carbocycles. The van der Waals surface area contributed by atoms with E-state index in [2.05, 4.69) is 11.4 Å². The molecule has 4 nitrogen and oxygen atoms in total. The number of ether oxygens (including phenoxy) is 2. The Morgan fingerprint density at radius 2 is 1.70 bits per heavy atom. The molecule has 0 aliphatic carbocycles. The zero-order valence-electron chi connectivity index (χ0n) is 14.1. The van der Waals surface area contributed by atoms with Gasteiger partial charge in [0.1, 0.15) is 0 Å². The molecular formula is C19H23NO3. The third-order valence-corrected chi connectivity index (χ3v) is 3.49. The van der Waals surface area contributed by atoms with E-state index in [0.717, 1.165) is 16.8 Å². The average Bonchev–Trinajstić information content (AvgIpc) is 2.51. The second-order valence-corrected chi connectivity index (χ2v) is 5.53. The monoisotopic (exact) mass is 313 g/mol. The van der Waals surface area contributed by atoms with E-state index in [0.29, 0.717) is 17.9 Å². The topological polar surface area (TPSA) is 47.6 Å². The summed E-state index contributed by atoms with van der Waals surface area (Å²) in [6.45, 7) is 5.93. The molecular weight excluding hydrogens is 290 g/mol. The molecule has 0 spiro atoms. The number of nitrogens with one attached hydrogen (secondary N) is 1. The lowest BCUT2D eigenvalue weighted by Gasteiger charge is -2.19. The summed E-state index contributed by atoms with van der Waals surface area (Å²) in [5, 5.41) is 2.93. The normalized spacial score (nSPS) is 11.7. The van der Waals surface area contributed by atoms with Gasteiger partial charge in [-0.3, -0.25) is 4.79 Å². The fourth-order valence-corrected chi connectivity index (χ4v) is 2.46. The molecule has 122 valence electrons. The second kappa shape index (κ2) is 7.68. The van der Waals surface area contributed by atoms with Gasteiger partial charge in [-0.15, -0.1) is 0 Å². The second-order valence-electron chi connectivity index (χ2n) is 5.53. The molecule has 2 rings (SSSR count). The molecule has 2 aromatic carbocycles. The van der Waals surface area contributed by atoms with Gasteiger partial charge in [-0.1, -0.05) is 25.1 Å². The Hall–Kier alpha value is -2.49. The van der Waals surface area contributed by atoms with Crippen LogP contribution in [0.1, 0.15) is 24.5 Å². The van der Waals surface area contributed by atoms with Gasteiger partial charge in [-0.2, -0.15) is 0 Å². The van der Waals surface area contributed by atoms with Crippen LogP contribution in [0.25, 0.3) is 0 Å². The quantitative estimate of drug-likeness (QED) is 0.873. The van der Waals surface area contributed by atoms with Crippen LogP contribution in [0.2, 0.25) is 0 Å². The lowest BCUT2D eigenvalue weighted by Crippen LogP contribution is -2.32. The lowest BCUT2D eigenvalue weighted by molar-refractivity contribution is -0.122. The Morgan fingerprint density at radius 3 is 2.26 bits per heavy atom. The van der Waals surface area contributed by atoms with Crippen LogP contribution in [0.3, 0.4) is 0 Å². The third-order valence-electron chi connectivity index (χ3n) is 3.49. The first kappa shape index (κ1) is 16.9. The van der Waals surface area contributed by atoms with E-state index in [1.807, 2.05) is 51.1 Å². The van der Waals surface area contributed by atoms with E-state index in [1.165, 1.54) is 0 Å². The molecule has 0 aliphatic rings. The van der Waals surface area contributed by atoms with E-state index >= 15 is 0 Å². The molecule has 0 fully saturated rings. The maximum atomic E-state index is 12.5. The van der Waals surface area contributed by atoms with Gasteiger partial charge in [0.2, 0.25) is 0 Å². The Morgan fingerprint density at radius 1 is 1.09 bits per heavy atom. The van der Waals surface area contributed by atoms with E-state index in [9.17, 15) is 4.79 Å². The highest BCUT2D eigenvalue weighted by Crippen LogP contribution is 2.27. The Labute approximate surface area is 137 Å². The van der Waals surface area contributed by atoms with E-state index < -0.39 is 6.10 Å². The fourth-order valence-electron chi connectivity index (χ4n) is 2.46. The van der Waals surface area contributed by atoms with Crippen LogP contribution in [0.15, 0.2) is 42.5 Å². The van der Waals surface area contributed by atoms with E-state index in [-0.39, 0.29) is 5.91 Å². The fraction of sp³-hybridized carbons (Fsp3) is 0.316. The molecule has 0 aromatic heterocycles. The van der Waals surface area contributed by atoms with Gasteiger partial charge in [0.05, 0.1) is 7.11 Å². The van der Waals surface area contributed by atoms with Crippen LogP contribution in [0.4, 0.5) is 5.69 Å². The summed E-state index contributed by atoms with van der Waals surface area (Å²) in [7, 11) is 1.58. The lowest BCUT2D eigenvalue weighted by atomic mass is 10.1. The standard InChI is InChI=1S/C19H23NO3/c1-5-16(23-18-9-7-6-8-17(18)22-4)19(21)20-15-11-13(2)10-14(3)12-15/h6-12,16H,5H2,1-4H3,(H,20,21)/t16-/m1/s1. The highest BCUT2D eigenvalue weighted by Gasteiger charge is 2.20. The number of aryl methyl sites for hydroxylation is 2. The number of hydrogen-bond donors (Lipinski definition) is 1. The summed E-state index contributed by atoms with van der Waals surface area (Å²) >= 11 is 0. The molecule has 23 heavy (non-hydrogen) atoms. The van der Waals surface area contributed by atoms with Crippen molar-refractivity contribution in [3.05, 3.63) is 53.6 Å². The van der Waals surface area contributed by atoms with Gasteiger partial charge in [-0.05, 0) is 55.7 Å². The van der Waals surface area contributed by atoms with Crippen LogP contribution in [0, 0.1) is 13.8 Å². The predicted molar refractivity (Wildman–Crippen MR) is 92.2 cm³/mol. The number of carbonyl (C=O) groups is 1. The molecule has 0 aliphatic heterocycles. The SMILES string of the molecule is CC[C@@H](Oc1ccccc1OC)C(=O)Nc1cc(C)cc(C)c1. The van der Waals surface area contributed by atoms with Crippen molar-refractivity contribution in [3.63, 3.8) is 0 Å².